The van der Waals surface area contributed by atoms with Crippen molar-refractivity contribution in [2.75, 3.05) is 13.1 Å². The largest absolute Gasteiger partial charge is 0.451 e. The van der Waals surface area contributed by atoms with Gasteiger partial charge >= 0.3 is 0 Å². The Bertz CT molecular complexity index is 1290. The van der Waals surface area contributed by atoms with E-state index >= 15 is 0 Å². The van der Waals surface area contributed by atoms with Crippen LogP contribution < -0.4 is 5.32 Å². The molecule has 5 rings (SSSR count). The van der Waals surface area contributed by atoms with Crippen LogP contribution in [0.15, 0.2) is 64.4 Å². The molecular weight excluding hydrogens is 458 g/mol. The van der Waals surface area contributed by atoms with Gasteiger partial charge in [0.15, 0.2) is 5.76 Å². The van der Waals surface area contributed by atoms with E-state index in [0.29, 0.717) is 38.1 Å². The van der Waals surface area contributed by atoms with Gasteiger partial charge in [0.1, 0.15) is 17.2 Å². The summed E-state index contributed by atoms with van der Waals surface area (Å²) in [6, 6.07) is 14.9. The molecule has 2 N–H and O–H groups in total. The third-order valence-electron chi connectivity index (χ3n) is 6.41. The maximum Gasteiger partial charge on any atom is 0.287 e. The number of hydrogen-bond acceptors (Lipinski definition) is 5. The zero-order chi connectivity index (χ0) is 23.7. The Hall–Kier alpha value is -3.07. The zero-order valence-electron chi connectivity index (χ0n) is 18.4. The van der Waals surface area contributed by atoms with Crippen LogP contribution in [0.5, 0.6) is 0 Å². The Kier molecular flexibility index (Phi) is 6.20. The molecule has 0 radical (unpaired) electrons. The molecule has 5 nitrogen and oxygen atoms in total. The van der Waals surface area contributed by atoms with Crippen molar-refractivity contribution in [1.82, 2.24) is 10.2 Å². The second-order valence-corrected chi connectivity index (χ2v) is 9.67. The summed E-state index contributed by atoms with van der Waals surface area (Å²) < 4.78 is 33.7. The highest BCUT2D eigenvalue weighted by Gasteiger charge is 2.34. The minimum atomic E-state index is -1.06. The molecule has 1 fully saturated rings. The number of halogens is 2. The van der Waals surface area contributed by atoms with E-state index in [9.17, 15) is 18.7 Å². The van der Waals surface area contributed by atoms with Gasteiger partial charge in [0, 0.05) is 35.5 Å². The smallest absolute Gasteiger partial charge is 0.287 e. The first-order chi connectivity index (χ1) is 16.4. The van der Waals surface area contributed by atoms with Gasteiger partial charge in [-0.25, -0.2) is 8.78 Å². The quantitative estimate of drug-likeness (QED) is 0.397. The molecule has 1 amide bonds. The molecule has 3 heterocycles. The van der Waals surface area contributed by atoms with Crippen LogP contribution >= 0.6 is 11.3 Å². The summed E-state index contributed by atoms with van der Waals surface area (Å²) >= 11 is 1.57. The van der Waals surface area contributed by atoms with Crippen molar-refractivity contribution in [1.29, 1.82) is 0 Å². The number of rotatable bonds is 6. The Balaban J connectivity index is 1.26. The molecule has 4 aromatic rings. The topological polar surface area (TPSA) is 65.7 Å². The van der Waals surface area contributed by atoms with E-state index in [1.54, 1.807) is 23.5 Å². The molecule has 0 unspecified atom stereocenters. The van der Waals surface area contributed by atoms with Crippen molar-refractivity contribution in [3.8, 4) is 0 Å². The van der Waals surface area contributed by atoms with Crippen LogP contribution in [-0.4, -0.2) is 29.0 Å². The van der Waals surface area contributed by atoms with Gasteiger partial charge in [0.25, 0.3) is 5.91 Å². The van der Waals surface area contributed by atoms with E-state index in [0.717, 1.165) is 15.8 Å². The predicted molar refractivity (Wildman–Crippen MR) is 126 cm³/mol. The molecule has 0 bridgehead atoms. The van der Waals surface area contributed by atoms with Gasteiger partial charge < -0.3 is 14.8 Å². The molecule has 0 aliphatic carbocycles. The summed E-state index contributed by atoms with van der Waals surface area (Å²) in [4.78, 5) is 15.5. The number of nitrogens with zero attached hydrogens (tertiary/aromatic N) is 1. The van der Waals surface area contributed by atoms with Crippen molar-refractivity contribution >= 4 is 28.2 Å². The first-order valence-electron chi connectivity index (χ1n) is 11.1. The Morgan fingerprint density at radius 1 is 1.09 bits per heavy atom. The van der Waals surface area contributed by atoms with Crippen molar-refractivity contribution < 1.29 is 23.1 Å². The van der Waals surface area contributed by atoms with Crippen molar-refractivity contribution in [3.63, 3.8) is 0 Å². The SMILES string of the molecule is O=C(NCc1cccs1)c1cc2cc(C3(O)CCN(Cc4c(F)cccc4F)CC3)ccc2o1. The fraction of sp³-hybridized carbons (Fsp3) is 0.269. The number of furan rings is 1. The highest BCUT2D eigenvalue weighted by atomic mass is 32.1. The molecule has 2 aromatic carbocycles. The van der Waals surface area contributed by atoms with Crippen LogP contribution in [0.2, 0.25) is 0 Å². The molecule has 2 aromatic heterocycles. The molecule has 0 spiro atoms. The second-order valence-electron chi connectivity index (χ2n) is 8.63. The number of aliphatic hydroxyl groups is 1. The number of nitrogens with one attached hydrogen (secondary N) is 1. The second kappa shape index (κ2) is 9.29. The third kappa shape index (κ3) is 4.61. The average molecular weight is 483 g/mol. The molecule has 0 atom stereocenters. The lowest BCUT2D eigenvalue weighted by molar-refractivity contribution is -0.0280. The number of benzene rings is 2. The summed E-state index contributed by atoms with van der Waals surface area (Å²) in [6.07, 6.45) is 0.862. The number of carbonyl (C=O) groups excluding carboxylic acids is 1. The Morgan fingerprint density at radius 2 is 1.85 bits per heavy atom. The number of fused-ring (bicyclic) bond motifs is 1. The summed E-state index contributed by atoms with van der Waals surface area (Å²) in [6.45, 7) is 1.61. The fourth-order valence-corrected chi connectivity index (χ4v) is 5.03. The van der Waals surface area contributed by atoms with Crippen molar-refractivity contribution in [3.05, 3.63) is 93.4 Å². The molecule has 34 heavy (non-hydrogen) atoms. The fourth-order valence-electron chi connectivity index (χ4n) is 4.39. The van der Waals surface area contributed by atoms with E-state index in [2.05, 4.69) is 5.32 Å². The van der Waals surface area contributed by atoms with E-state index in [1.165, 1.54) is 18.2 Å². The standard InChI is InChI=1S/C26H24F2N2O3S/c27-21-4-1-5-22(28)20(21)16-30-10-8-26(32,9-11-30)18-6-7-23-17(13-18)14-24(33-23)25(31)29-15-19-3-2-12-34-19/h1-7,12-14,32H,8-11,15-16H2,(H,29,31). The van der Waals surface area contributed by atoms with Crippen LogP contribution in [0, 0.1) is 11.6 Å². The summed E-state index contributed by atoms with van der Waals surface area (Å²) in [5.41, 5.74) is 0.305. The highest BCUT2D eigenvalue weighted by molar-refractivity contribution is 7.09. The first kappa shape index (κ1) is 22.7. The third-order valence-corrected chi connectivity index (χ3v) is 7.28. The summed E-state index contributed by atoms with van der Waals surface area (Å²) in [5, 5.41) is 16.9. The molecule has 1 aliphatic heterocycles. The van der Waals surface area contributed by atoms with E-state index < -0.39 is 17.2 Å². The Morgan fingerprint density at radius 3 is 2.56 bits per heavy atom. The number of likely N-dealkylation sites (tertiary alicyclic amines) is 1. The lowest BCUT2D eigenvalue weighted by Gasteiger charge is -2.38. The minimum Gasteiger partial charge on any atom is -0.451 e. The van der Waals surface area contributed by atoms with Crippen LogP contribution in [0.25, 0.3) is 11.0 Å². The van der Waals surface area contributed by atoms with Gasteiger partial charge in [-0.3, -0.25) is 9.69 Å². The molecule has 176 valence electrons. The minimum absolute atomic E-state index is 0.0534. The molecule has 1 saturated heterocycles. The monoisotopic (exact) mass is 482 g/mol. The Labute approximate surface area is 199 Å². The maximum absolute atomic E-state index is 14.0. The van der Waals surface area contributed by atoms with Gasteiger partial charge in [0.05, 0.1) is 12.1 Å². The van der Waals surface area contributed by atoms with Gasteiger partial charge in [-0.15, -0.1) is 11.3 Å². The maximum atomic E-state index is 14.0. The first-order valence-corrected chi connectivity index (χ1v) is 12.0. The zero-order valence-corrected chi connectivity index (χ0v) is 19.2. The lowest BCUT2D eigenvalue weighted by atomic mass is 9.84. The van der Waals surface area contributed by atoms with Crippen molar-refractivity contribution in [2.45, 2.75) is 31.5 Å². The van der Waals surface area contributed by atoms with Crippen LogP contribution in [-0.2, 0) is 18.7 Å². The van der Waals surface area contributed by atoms with Crippen LogP contribution in [0.3, 0.4) is 0 Å². The summed E-state index contributed by atoms with van der Waals surface area (Å²) in [7, 11) is 0. The highest BCUT2D eigenvalue weighted by Crippen LogP contribution is 2.35. The number of carbonyl (C=O) groups is 1. The lowest BCUT2D eigenvalue weighted by Crippen LogP contribution is -2.42. The summed E-state index contributed by atoms with van der Waals surface area (Å²) in [5.74, 6) is -1.18. The normalized spacial score (nSPS) is 16.1. The van der Waals surface area contributed by atoms with Crippen LogP contribution in [0.4, 0.5) is 8.78 Å². The van der Waals surface area contributed by atoms with Crippen molar-refractivity contribution in [2.24, 2.45) is 0 Å². The van der Waals surface area contributed by atoms with E-state index in [4.69, 9.17) is 4.42 Å². The molecule has 0 saturated carbocycles. The molecule has 1 aliphatic rings. The van der Waals surface area contributed by atoms with E-state index in [1.807, 2.05) is 34.5 Å². The van der Waals surface area contributed by atoms with Gasteiger partial charge in [-0.1, -0.05) is 18.2 Å². The number of thiophene rings is 1. The molecule has 8 heteroatoms. The number of hydrogen-bond donors (Lipinski definition) is 2. The molecular formula is C26H24F2N2O3S. The van der Waals surface area contributed by atoms with Crippen LogP contribution in [0.1, 0.15) is 39.4 Å². The predicted octanol–water partition coefficient (Wildman–Crippen LogP) is 5.19. The van der Waals surface area contributed by atoms with Gasteiger partial charge in [-0.05, 0) is 60.2 Å². The van der Waals surface area contributed by atoms with E-state index in [-0.39, 0.29) is 23.8 Å². The number of piperidine rings is 1. The van der Waals surface area contributed by atoms with Gasteiger partial charge in [0.2, 0.25) is 0 Å². The van der Waals surface area contributed by atoms with Gasteiger partial charge in [-0.2, -0.15) is 0 Å². The average Bonchev–Trinajstić information content (AvgIpc) is 3.51. The number of amides is 1.